The fourth-order valence-corrected chi connectivity index (χ4v) is 1.73. The number of aliphatic carboxylic acids is 1. The van der Waals surface area contributed by atoms with E-state index in [9.17, 15) is 15.0 Å². The van der Waals surface area contributed by atoms with E-state index in [0.29, 0.717) is 0 Å². The van der Waals surface area contributed by atoms with Gasteiger partial charge in [0.25, 0.3) is 0 Å². The van der Waals surface area contributed by atoms with Gasteiger partial charge in [0, 0.05) is 12.5 Å². The summed E-state index contributed by atoms with van der Waals surface area (Å²) in [5.41, 5.74) is 2.85. The predicted molar refractivity (Wildman–Crippen MR) is 78.0 cm³/mol. The Labute approximate surface area is 120 Å². The molecule has 0 rings (SSSR count). The van der Waals surface area contributed by atoms with Crippen molar-refractivity contribution in [3.8, 4) is 0 Å². The lowest BCUT2D eigenvalue weighted by Crippen LogP contribution is -2.42. The molecule has 0 aliphatic heterocycles. The maximum atomic E-state index is 10.8. The molecule has 0 amide bonds. The van der Waals surface area contributed by atoms with Crippen LogP contribution in [0.25, 0.3) is 0 Å². The number of nitrogens with one attached hydrogen (secondary N) is 1. The molecule has 5 heteroatoms. The van der Waals surface area contributed by atoms with Gasteiger partial charge in [-0.3, -0.25) is 10.1 Å². The topological polar surface area (TPSA) is 89.8 Å². The van der Waals surface area contributed by atoms with E-state index in [2.05, 4.69) is 24.2 Å². The summed E-state index contributed by atoms with van der Waals surface area (Å²) in [5.74, 6) is -1.89. The van der Waals surface area contributed by atoms with Gasteiger partial charge in [0.2, 0.25) is 0 Å². The fraction of sp³-hybridized carbons (Fsp3) is 0.600. The molecule has 0 fully saturated rings. The quantitative estimate of drug-likeness (QED) is 0.289. The largest absolute Gasteiger partial charge is 0.481 e. The maximum absolute atomic E-state index is 10.8. The second-order valence-corrected chi connectivity index (χ2v) is 5.20. The minimum absolute atomic E-state index is 0.0336. The highest BCUT2D eigenvalue weighted by atomic mass is 16.4. The summed E-state index contributed by atoms with van der Waals surface area (Å²) in [6, 6.07) is 0. The number of carboxylic acids is 1. The van der Waals surface area contributed by atoms with Crippen LogP contribution in [0.5, 0.6) is 0 Å². The molecule has 4 N–H and O–H groups in total. The van der Waals surface area contributed by atoms with Crippen LogP contribution in [0, 0.1) is 17.8 Å². The zero-order chi connectivity index (χ0) is 15.9. The SMILES string of the molecule is C=C=CC(C(C)C)C(O)NCC(O)C(=C)C(C)C(=O)O. The van der Waals surface area contributed by atoms with Crippen molar-refractivity contribution < 1.29 is 20.1 Å². The van der Waals surface area contributed by atoms with Crippen LogP contribution >= 0.6 is 0 Å². The molecule has 0 aromatic carbocycles. The van der Waals surface area contributed by atoms with Crippen molar-refractivity contribution in [3.05, 3.63) is 30.5 Å². The molecule has 0 bridgehead atoms. The third kappa shape index (κ3) is 5.72. The molecule has 4 atom stereocenters. The normalized spacial score (nSPS) is 16.9. The van der Waals surface area contributed by atoms with Crippen LogP contribution in [0.15, 0.2) is 30.5 Å². The Bertz CT molecular complexity index is 385. The van der Waals surface area contributed by atoms with E-state index in [-0.39, 0.29) is 24.0 Å². The molecule has 0 heterocycles. The minimum atomic E-state index is -1.04. The molecule has 0 saturated heterocycles. The molecule has 20 heavy (non-hydrogen) atoms. The second kappa shape index (κ2) is 8.72. The molecule has 0 spiro atoms. The Morgan fingerprint density at radius 1 is 1.35 bits per heavy atom. The van der Waals surface area contributed by atoms with Crippen molar-refractivity contribution in [2.45, 2.75) is 33.1 Å². The summed E-state index contributed by atoms with van der Waals surface area (Å²) in [5, 5.41) is 31.5. The zero-order valence-electron chi connectivity index (χ0n) is 12.3. The standard InChI is InChI=1S/C15H25NO4/c1-6-7-12(9(2)3)14(18)16-8-13(17)10(4)11(5)15(19)20/h7,9,11-14,16-18H,1,4,8H2,2-3,5H3,(H,19,20). The lowest BCUT2D eigenvalue weighted by atomic mass is 9.93. The third-order valence-corrected chi connectivity index (χ3v) is 3.32. The maximum Gasteiger partial charge on any atom is 0.310 e. The second-order valence-electron chi connectivity index (χ2n) is 5.20. The molecule has 4 unspecified atom stereocenters. The van der Waals surface area contributed by atoms with Gasteiger partial charge >= 0.3 is 5.97 Å². The first kappa shape index (κ1) is 18.6. The first-order chi connectivity index (χ1) is 9.22. The van der Waals surface area contributed by atoms with Crippen molar-refractivity contribution in [3.63, 3.8) is 0 Å². The highest BCUT2D eigenvalue weighted by Crippen LogP contribution is 2.16. The average Bonchev–Trinajstić information content (AvgIpc) is 2.39. The highest BCUT2D eigenvalue weighted by molar-refractivity contribution is 5.73. The molecule has 0 aliphatic rings. The number of carbonyl (C=O) groups is 1. The van der Waals surface area contributed by atoms with Gasteiger partial charge in [0.15, 0.2) is 0 Å². The molecule has 5 nitrogen and oxygen atoms in total. The van der Waals surface area contributed by atoms with Crippen molar-refractivity contribution in [2.24, 2.45) is 17.8 Å². The Balaban J connectivity index is 4.49. The molecule has 0 saturated carbocycles. The molecule has 0 radical (unpaired) electrons. The van der Waals surface area contributed by atoms with Gasteiger partial charge in [-0.25, -0.2) is 0 Å². The van der Waals surface area contributed by atoms with Crippen molar-refractivity contribution in [2.75, 3.05) is 6.54 Å². The monoisotopic (exact) mass is 283 g/mol. The Morgan fingerprint density at radius 2 is 1.90 bits per heavy atom. The van der Waals surface area contributed by atoms with E-state index in [1.165, 1.54) is 6.92 Å². The number of hydrogen-bond acceptors (Lipinski definition) is 4. The van der Waals surface area contributed by atoms with Crippen molar-refractivity contribution in [1.82, 2.24) is 5.32 Å². The van der Waals surface area contributed by atoms with Crippen LogP contribution < -0.4 is 5.32 Å². The summed E-state index contributed by atoms with van der Waals surface area (Å²) in [4.78, 5) is 10.8. The zero-order valence-corrected chi connectivity index (χ0v) is 12.3. The fourth-order valence-electron chi connectivity index (χ4n) is 1.73. The van der Waals surface area contributed by atoms with Gasteiger partial charge in [0.1, 0.15) is 6.23 Å². The number of aliphatic hydroxyl groups excluding tert-OH is 2. The lowest BCUT2D eigenvalue weighted by molar-refractivity contribution is -0.140. The lowest BCUT2D eigenvalue weighted by Gasteiger charge is -2.26. The van der Waals surface area contributed by atoms with E-state index in [1.54, 1.807) is 6.08 Å². The van der Waals surface area contributed by atoms with Gasteiger partial charge in [-0.2, -0.15) is 0 Å². The van der Waals surface area contributed by atoms with Gasteiger partial charge in [-0.05, 0) is 24.5 Å². The Kier molecular flexibility index (Phi) is 8.11. The van der Waals surface area contributed by atoms with Crippen LogP contribution in [0.4, 0.5) is 0 Å². The van der Waals surface area contributed by atoms with Gasteiger partial charge in [-0.15, -0.1) is 5.73 Å². The summed E-state index contributed by atoms with van der Waals surface area (Å²) >= 11 is 0. The first-order valence-corrected chi connectivity index (χ1v) is 6.59. The first-order valence-electron chi connectivity index (χ1n) is 6.59. The van der Waals surface area contributed by atoms with E-state index >= 15 is 0 Å². The van der Waals surface area contributed by atoms with Crippen LogP contribution in [0.1, 0.15) is 20.8 Å². The molecular weight excluding hydrogens is 258 g/mol. The third-order valence-electron chi connectivity index (χ3n) is 3.32. The number of aliphatic hydroxyl groups is 2. The van der Waals surface area contributed by atoms with E-state index in [4.69, 9.17) is 5.11 Å². The predicted octanol–water partition coefficient (Wildman–Crippen LogP) is 1.15. The summed E-state index contributed by atoms with van der Waals surface area (Å²) in [6.45, 7) is 12.5. The number of hydrogen-bond donors (Lipinski definition) is 4. The van der Waals surface area contributed by atoms with E-state index in [1.807, 2.05) is 13.8 Å². The summed E-state index contributed by atoms with van der Waals surface area (Å²) in [7, 11) is 0. The van der Waals surface area contributed by atoms with Crippen LogP contribution in [-0.2, 0) is 4.79 Å². The van der Waals surface area contributed by atoms with Gasteiger partial charge < -0.3 is 15.3 Å². The van der Waals surface area contributed by atoms with Crippen LogP contribution in [0.3, 0.4) is 0 Å². The summed E-state index contributed by atoms with van der Waals surface area (Å²) in [6.07, 6.45) is -0.230. The number of rotatable bonds is 9. The smallest absolute Gasteiger partial charge is 0.310 e. The van der Waals surface area contributed by atoms with E-state index < -0.39 is 24.2 Å². The number of carboxylic acid groups (broad SMARTS) is 1. The Morgan fingerprint density at radius 3 is 2.30 bits per heavy atom. The van der Waals surface area contributed by atoms with E-state index in [0.717, 1.165) is 0 Å². The molecule has 114 valence electrons. The van der Waals surface area contributed by atoms with Crippen LogP contribution in [0.2, 0.25) is 0 Å². The minimum Gasteiger partial charge on any atom is -0.481 e. The van der Waals surface area contributed by atoms with Crippen LogP contribution in [-0.4, -0.2) is 40.2 Å². The van der Waals surface area contributed by atoms with Crippen molar-refractivity contribution >= 4 is 5.97 Å². The molecule has 0 aromatic rings. The van der Waals surface area contributed by atoms with Crippen molar-refractivity contribution in [1.29, 1.82) is 0 Å². The highest BCUT2D eigenvalue weighted by Gasteiger charge is 2.24. The average molecular weight is 283 g/mol. The Hall–Kier alpha value is -1.39. The molecule has 0 aliphatic carbocycles. The van der Waals surface area contributed by atoms with Gasteiger partial charge in [-0.1, -0.05) is 27.0 Å². The van der Waals surface area contributed by atoms with Gasteiger partial charge in [0.05, 0.1) is 12.0 Å². The molecule has 0 aromatic heterocycles. The summed E-state index contributed by atoms with van der Waals surface area (Å²) < 4.78 is 0. The molecular formula is C15H25NO4.